The van der Waals surface area contributed by atoms with Gasteiger partial charge in [0.15, 0.2) is 11.4 Å². The quantitative estimate of drug-likeness (QED) is 0.246. The van der Waals surface area contributed by atoms with Gasteiger partial charge in [0.05, 0.1) is 18.9 Å². The molecule has 4 aromatic rings. The Morgan fingerprint density at radius 3 is 2.68 bits per heavy atom. The van der Waals surface area contributed by atoms with E-state index in [4.69, 9.17) is 0 Å². The molecule has 3 heterocycles. The van der Waals surface area contributed by atoms with Crippen LogP contribution in [0.5, 0.6) is 5.75 Å². The second kappa shape index (κ2) is 13.0. The zero-order valence-electron chi connectivity index (χ0n) is 21.7. The van der Waals surface area contributed by atoms with Gasteiger partial charge in [-0.05, 0) is 42.7 Å². The van der Waals surface area contributed by atoms with Crippen molar-refractivity contribution < 1.29 is 31.9 Å². The molecule has 1 unspecified atom stereocenters. The Balaban J connectivity index is 1.30. The minimum atomic E-state index is -4.83. The van der Waals surface area contributed by atoms with Gasteiger partial charge in [-0.15, -0.1) is 23.4 Å². The second-order valence-corrected chi connectivity index (χ2v) is 8.98. The summed E-state index contributed by atoms with van der Waals surface area (Å²) in [4.78, 5) is 30.9. The number of halogens is 4. The minimum absolute atomic E-state index is 0.0365. The normalized spacial score (nSPS) is 12.1. The van der Waals surface area contributed by atoms with Crippen LogP contribution in [0.3, 0.4) is 0 Å². The van der Waals surface area contributed by atoms with Crippen LogP contribution >= 0.6 is 0 Å². The van der Waals surface area contributed by atoms with E-state index in [-0.39, 0.29) is 44.0 Å². The summed E-state index contributed by atoms with van der Waals surface area (Å²) in [5, 5.41) is 19.9. The molecule has 16 heteroatoms. The first-order valence-electron chi connectivity index (χ1n) is 12.3. The molecule has 0 fully saturated rings. The lowest BCUT2D eigenvalue weighted by Gasteiger charge is -2.23. The molecule has 0 saturated carbocycles. The maximum absolute atomic E-state index is 15.0. The van der Waals surface area contributed by atoms with E-state index in [0.717, 1.165) is 17.8 Å². The molecule has 216 valence electrons. The Morgan fingerprint density at radius 1 is 1.15 bits per heavy atom. The van der Waals surface area contributed by atoms with Crippen molar-refractivity contribution in [1.29, 1.82) is 0 Å². The van der Waals surface area contributed by atoms with Gasteiger partial charge in [0, 0.05) is 31.5 Å². The van der Waals surface area contributed by atoms with Gasteiger partial charge < -0.3 is 15.0 Å². The predicted molar refractivity (Wildman–Crippen MR) is 134 cm³/mol. The van der Waals surface area contributed by atoms with Gasteiger partial charge in [-0.25, -0.2) is 4.39 Å². The number of carbonyl (C=O) groups is 2. The molecular formula is C25H25F4N9O3. The third kappa shape index (κ3) is 8.81. The molecule has 2 amide bonds. The molecule has 2 N–H and O–H groups in total. The summed E-state index contributed by atoms with van der Waals surface area (Å²) in [6.45, 7) is 1.68. The molecule has 0 aliphatic rings. The number of hydrogen-bond donors (Lipinski definition) is 2. The first-order valence-corrected chi connectivity index (χ1v) is 12.3. The molecular weight excluding hydrogens is 550 g/mol. The maximum atomic E-state index is 15.0. The summed E-state index contributed by atoms with van der Waals surface area (Å²) in [6, 6.07) is 8.77. The number of hydrogen-bond acceptors (Lipinski definition) is 8. The first-order chi connectivity index (χ1) is 19.6. The van der Waals surface area contributed by atoms with Gasteiger partial charge in [-0.3, -0.25) is 24.4 Å². The number of aryl methyl sites for hydroxylation is 2. The summed E-state index contributed by atoms with van der Waals surface area (Å²) in [5.41, 5.74) is 1.88. The third-order valence-electron chi connectivity index (χ3n) is 5.72. The first kappa shape index (κ1) is 29.1. The molecule has 1 atom stereocenters. The monoisotopic (exact) mass is 575 g/mol. The average molecular weight is 576 g/mol. The number of aromatic nitrogens is 7. The van der Waals surface area contributed by atoms with Crippen molar-refractivity contribution in [1.82, 2.24) is 45.6 Å². The van der Waals surface area contributed by atoms with Crippen molar-refractivity contribution in [2.24, 2.45) is 0 Å². The van der Waals surface area contributed by atoms with Gasteiger partial charge in [0.1, 0.15) is 11.9 Å². The fourth-order valence-electron chi connectivity index (χ4n) is 3.74. The smallest absolute Gasteiger partial charge is 0.406 e. The Morgan fingerprint density at radius 2 is 1.98 bits per heavy atom. The number of amides is 2. The summed E-state index contributed by atoms with van der Waals surface area (Å²) in [5.74, 6) is -1.53. The van der Waals surface area contributed by atoms with E-state index in [9.17, 15) is 22.8 Å². The van der Waals surface area contributed by atoms with Gasteiger partial charge in [-0.2, -0.15) is 0 Å². The van der Waals surface area contributed by atoms with Crippen LogP contribution in [-0.4, -0.2) is 71.2 Å². The number of ether oxygens (including phenoxy) is 1. The molecule has 0 spiro atoms. The number of aromatic amines is 1. The van der Waals surface area contributed by atoms with Crippen molar-refractivity contribution >= 4 is 11.8 Å². The van der Waals surface area contributed by atoms with Crippen LogP contribution in [0.15, 0.2) is 55.0 Å². The largest absolute Gasteiger partial charge is 0.573 e. The van der Waals surface area contributed by atoms with E-state index in [1.54, 1.807) is 18.3 Å². The van der Waals surface area contributed by atoms with Crippen LogP contribution < -0.4 is 10.1 Å². The molecule has 0 aliphatic heterocycles. The number of alkyl halides is 4. The van der Waals surface area contributed by atoms with E-state index in [1.807, 2.05) is 6.92 Å². The van der Waals surface area contributed by atoms with Crippen molar-refractivity contribution in [2.75, 3.05) is 6.54 Å². The lowest BCUT2D eigenvalue weighted by atomic mass is 10.2. The number of nitrogens with one attached hydrogen (secondary N) is 2. The van der Waals surface area contributed by atoms with Crippen molar-refractivity contribution in [3.63, 3.8) is 0 Å². The number of nitrogens with zero attached hydrogens (tertiary/aromatic N) is 7. The summed E-state index contributed by atoms with van der Waals surface area (Å²) >= 11 is 0. The lowest BCUT2D eigenvalue weighted by molar-refractivity contribution is -0.274. The Hall–Kier alpha value is -4.89. The van der Waals surface area contributed by atoms with E-state index >= 15 is 4.39 Å². The van der Waals surface area contributed by atoms with Crippen molar-refractivity contribution in [3.8, 4) is 5.75 Å². The predicted octanol–water partition coefficient (Wildman–Crippen LogP) is 3.00. The van der Waals surface area contributed by atoms with Crippen molar-refractivity contribution in [2.45, 2.75) is 45.5 Å². The average Bonchev–Trinajstić information content (AvgIpc) is 3.63. The summed E-state index contributed by atoms with van der Waals surface area (Å²) in [6.07, 6.45) is -2.06. The van der Waals surface area contributed by atoms with E-state index in [0.29, 0.717) is 11.1 Å². The molecule has 12 nitrogen and oxygen atoms in total. The Labute approximate surface area is 230 Å². The number of rotatable bonds is 12. The van der Waals surface area contributed by atoms with Gasteiger partial charge in [0.25, 0.3) is 11.8 Å². The highest BCUT2D eigenvalue weighted by atomic mass is 19.4. The zero-order chi connectivity index (χ0) is 29.4. The number of benzene rings is 1. The van der Waals surface area contributed by atoms with Crippen LogP contribution in [0.2, 0.25) is 0 Å². The van der Waals surface area contributed by atoms with Crippen LogP contribution in [0.1, 0.15) is 44.2 Å². The highest BCUT2D eigenvalue weighted by Gasteiger charge is 2.31. The van der Waals surface area contributed by atoms with Gasteiger partial charge in [-0.1, -0.05) is 28.6 Å². The van der Waals surface area contributed by atoms with Crippen LogP contribution in [0.4, 0.5) is 17.6 Å². The summed E-state index contributed by atoms with van der Waals surface area (Å²) < 4.78 is 57.5. The van der Waals surface area contributed by atoms with Gasteiger partial charge >= 0.3 is 6.36 Å². The molecule has 0 bridgehead atoms. The Bertz CT molecular complexity index is 1440. The van der Waals surface area contributed by atoms with E-state index in [2.05, 4.69) is 40.8 Å². The van der Waals surface area contributed by atoms with E-state index in [1.165, 1.54) is 34.1 Å². The number of carbonyl (C=O) groups excluding carboxylic acids is 2. The second-order valence-electron chi connectivity index (χ2n) is 8.98. The maximum Gasteiger partial charge on any atom is 0.573 e. The lowest BCUT2D eigenvalue weighted by Crippen LogP contribution is -2.36. The fourth-order valence-corrected chi connectivity index (χ4v) is 3.74. The minimum Gasteiger partial charge on any atom is -0.406 e. The SMILES string of the molecule is Cc1ccc(CN(CC(F)CCn2cc(C(=O)NCc3cccc(OC(F)(F)F)c3)nn2)C(=O)c2c[nH]nn2)cn1. The highest BCUT2D eigenvalue weighted by molar-refractivity contribution is 5.92. The van der Waals surface area contributed by atoms with Crippen LogP contribution in [-0.2, 0) is 19.6 Å². The molecule has 0 saturated heterocycles. The molecule has 4 rings (SSSR count). The van der Waals surface area contributed by atoms with E-state index < -0.39 is 30.1 Å². The van der Waals surface area contributed by atoms with Crippen LogP contribution in [0.25, 0.3) is 0 Å². The number of H-pyrrole nitrogens is 1. The molecule has 0 radical (unpaired) electrons. The van der Waals surface area contributed by atoms with Crippen molar-refractivity contribution in [3.05, 3.63) is 83.2 Å². The molecule has 1 aromatic carbocycles. The fraction of sp³-hybridized carbons (Fsp3) is 0.320. The third-order valence-corrected chi connectivity index (χ3v) is 5.72. The highest BCUT2D eigenvalue weighted by Crippen LogP contribution is 2.23. The molecule has 3 aromatic heterocycles. The summed E-state index contributed by atoms with van der Waals surface area (Å²) in [7, 11) is 0. The van der Waals surface area contributed by atoms with Crippen LogP contribution in [0, 0.1) is 6.92 Å². The van der Waals surface area contributed by atoms with Gasteiger partial charge in [0.2, 0.25) is 0 Å². The molecule has 41 heavy (non-hydrogen) atoms. The number of pyridine rings is 1. The molecule has 0 aliphatic carbocycles. The standard InChI is InChI=1S/C25H25F4N9O3/c1-16-5-6-18(11-30-16)13-37(24(40)21-12-32-35-33-21)14-19(26)7-8-38-15-22(34-36-38)23(39)31-10-17-3-2-4-20(9-17)41-25(27,28)29/h2-6,9,11-12,15,19H,7-8,10,13-14H2,1H3,(H,31,39)(H,32,33,35). The Kier molecular flexibility index (Phi) is 9.21. The zero-order valence-corrected chi connectivity index (χ0v) is 21.7. The topological polar surface area (TPSA) is 144 Å².